The molecule has 6 heteroatoms. The fourth-order valence-corrected chi connectivity index (χ4v) is 6.85. The SMILES string of the molecule is O=C(NC12CC3CC(CC(O)(C3)C1)C2)c1[nH]c(Cc2cc[nH+]cc2)[n+]2ccccc12. The molecule has 4 aliphatic rings. The number of aromatic nitrogens is 3. The molecule has 1 amide bonds. The van der Waals surface area contributed by atoms with Gasteiger partial charge < -0.3 is 10.4 Å². The van der Waals surface area contributed by atoms with E-state index >= 15 is 0 Å². The van der Waals surface area contributed by atoms with E-state index in [0.717, 1.165) is 37.0 Å². The molecule has 0 radical (unpaired) electrons. The molecule has 0 aliphatic heterocycles. The van der Waals surface area contributed by atoms with Crippen LogP contribution in [0.3, 0.4) is 0 Å². The van der Waals surface area contributed by atoms with Crippen molar-refractivity contribution in [1.29, 1.82) is 0 Å². The zero-order valence-corrected chi connectivity index (χ0v) is 17.0. The summed E-state index contributed by atoms with van der Waals surface area (Å²) < 4.78 is 2.07. The Bertz CT molecular complexity index is 1110. The molecule has 2 unspecified atom stereocenters. The van der Waals surface area contributed by atoms with Crippen LogP contribution < -0.4 is 14.7 Å². The van der Waals surface area contributed by atoms with Gasteiger partial charge in [0, 0.05) is 17.7 Å². The maximum absolute atomic E-state index is 13.5. The van der Waals surface area contributed by atoms with Gasteiger partial charge >= 0.3 is 0 Å². The van der Waals surface area contributed by atoms with E-state index in [1.165, 1.54) is 12.0 Å². The number of imidazole rings is 1. The summed E-state index contributed by atoms with van der Waals surface area (Å²) in [7, 11) is 0. The Labute approximate surface area is 175 Å². The fraction of sp³-hybridized carbons (Fsp3) is 0.458. The van der Waals surface area contributed by atoms with Crippen LogP contribution in [0.25, 0.3) is 5.52 Å². The minimum absolute atomic E-state index is 0.0584. The molecule has 3 heterocycles. The number of amides is 1. The summed E-state index contributed by atoms with van der Waals surface area (Å²) in [6.45, 7) is 0. The molecule has 154 valence electrons. The Balaban J connectivity index is 1.33. The number of carbonyl (C=O) groups is 1. The second kappa shape index (κ2) is 6.38. The topological polar surface area (TPSA) is 83.4 Å². The van der Waals surface area contributed by atoms with Crippen molar-refractivity contribution in [3.05, 3.63) is 66.0 Å². The third kappa shape index (κ3) is 2.93. The molecule has 4 N–H and O–H groups in total. The summed E-state index contributed by atoms with van der Waals surface area (Å²) in [5, 5.41) is 14.4. The number of H-pyrrole nitrogens is 2. The number of aromatic amines is 2. The first-order valence-electron chi connectivity index (χ1n) is 11.0. The first-order valence-corrected chi connectivity index (χ1v) is 11.0. The van der Waals surface area contributed by atoms with Gasteiger partial charge in [0.15, 0.2) is 17.9 Å². The highest BCUT2D eigenvalue weighted by molar-refractivity contribution is 5.98. The minimum Gasteiger partial charge on any atom is -0.390 e. The van der Waals surface area contributed by atoms with Crippen molar-refractivity contribution < 1.29 is 19.3 Å². The van der Waals surface area contributed by atoms with Crippen LogP contribution in [-0.2, 0) is 6.42 Å². The molecular weight excluding hydrogens is 376 g/mol. The van der Waals surface area contributed by atoms with Gasteiger partial charge in [-0.05, 0) is 68.1 Å². The number of rotatable bonds is 4. The monoisotopic (exact) mass is 404 g/mol. The third-order valence-electron chi connectivity index (χ3n) is 7.47. The zero-order chi connectivity index (χ0) is 20.3. The van der Waals surface area contributed by atoms with Crippen LogP contribution in [-0.4, -0.2) is 27.1 Å². The van der Waals surface area contributed by atoms with Crippen LogP contribution in [0.4, 0.5) is 0 Å². The lowest BCUT2D eigenvalue weighted by Gasteiger charge is -2.60. The summed E-state index contributed by atoms with van der Waals surface area (Å²) >= 11 is 0. The Morgan fingerprint density at radius 1 is 1.17 bits per heavy atom. The smallest absolute Gasteiger partial charge is 0.296 e. The lowest BCUT2D eigenvalue weighted by molar-refractivity contribution is -0.520. The highest BCUT2D eigenvalue weighted by Gasteiger charge is 2.58. The van der Waals surface area contributed by atoms with Crippen molar-refractivity contribution in [1.82, 2.24) is 10.3 Å². The molecular formula is C24H28N4O2+2. The van der Waals surface area contributed by atoms with Crippen LogP contribution in [0, 0.1) is 11.8 Å². The third-order valence-corrected chi connectivity index (χ3v) is 7.47. The van der Waals surface area contributed by atoms with Gasteiger partial charge in [0.05, 0.1) is 18.2 Å². The number of hydrogen-bond acceptors (Lipinski definition) is 2. The standard InChI is InChI=1S/C24H26N4O2/c29-22(27-23-11-17-9-18(12-23)14-24(30,13-17)15-23)21-19-3-1-2-8-28(19)20(26-21)10-16-4-6-25-7-5-16/h1-8,17-18,30H,9-15H2,(H,27,29)/p+2. The van der Waals surface area contributed by atoms with Gasteiger partial charge in [0.1, 0.15) is 0 Å². The van der Waals surface area contributed by atoms with E-state index in [1.807, 2.05) is 48.9 Å². The van der Waals surface area contributed by atoms with Gasteiger partial charge in [-0.1, -0.05) is 6.07 Å². The van der Waals surface area contributed by atoms with Crippen molar-refractivity contribution in [2.45, 2.75) is 56.1 Å². The van der Waals surface area contributed by atoms with Gasteiger partial charge in [0.2, 0.25) is 5.69 Å². The normalized spacial score (nSPS) is 31.9. The Hall–Kier alpha value is -2.73. The number of hydrogen-bond donors (Lipinski definition) is 3. The summed E-state index contributed by atoms with van der Waals surface area (Å²) in [5.41, 5.74) is 1.82. The van der Waals surface area contributed by atoms with E-state index in [1.54, 1.807) is 0 Å². The lowest BCUT2D eigenvalue weighted by atomic mass is 9.51. The largest absolute Gasteiger partial charge is 0.390 e. The van der Waals surface area contributed by atoms with Crippen molar-refractivity contribution >= 4 is 11.4 Å². The van der Waals surface area contributed by atoms with E-state index in [4.69, 9.17) is 0 Å². The maximum Gasteiger partial charge on any atom is 0.296 e. The highest BCUT2D eigenvalue weighted by atomic mass is 16.3. The molecule has 0 spiro atoms. The average molecular weight is 405 g/mol. The summed E-state index contributed by atoms with van der Waals surface area (Å²) in [4.78, 5) is 19.9. The number of aliphatic hydroxyl groups is 1. The lowest BCUT2D eigenvalue weighted by Crippen LogP contribution is -2.65. The van der Waals surface area contributed by atoms with Crippen LogP contribution >= 0.6 is 0 Å². The molecule has 4 aliphatic carbocycles. The van der Waals surface area contributed by atoms with Crippen molar-refractivity contribution in [2.24, 2.45) is 11.8 Å². The summed E-state index contributed by atoms with van der Waals surface area (Å²) in [6.07, 6.45) is 12.2. The number of nitrogens with zero attached hydrogens (tertiary/aromatic N) is 1. The molecule has 7 rings (SSSR count). The van der Waals surface area contributed by atoms with Crippen LogP contribution in [0.1, 0.15) is 60.4 Å². The Morgan fingerprint density at radius 3 is 2.67 bits per heavy atom. The molecule has 4 fully saturated rings. The predicted octanol–water partition coefficient (Wildman–Crippen LogP) is 1.97. The van der Waals surface area contributed by atoms with Gasteiger partial charge in [-0.3, -0.25) is 4.79 Å². The van der Waals surface area contributed by atoms with Crippen LogP contribution in [0.15, 0.2) is 48.9 Å². The molecule has 4 saturated carbocycles. The minimum atomic E-state index is -0.584. The quantitative estimate of drug-likeness (QED) is 0.581. The summed E-state index contributed by atoms with van der Waals surface area (Å²) in [5.74, 6) is 2.00. The fourth-order valence-electron chi connectivity index (χ4n) is 6.85. The van der Waals surface area contributed by atoms with Gasteiger partial charge in [0.25, 0.3) is 11.7 Å². The van der Waals surface area contributed by atoms with E-state index in [0.29, 0.717) is 30.4 Å². The highest BCUT2D eigenvalue weighted by Crippen LogP contribution is 2.57. The van der Waals surface area contributed by atoms with Crippen molar-refractivity contribution in [2.75, 3.05) is 0 Å². The number of pyridine rings is 2. The van der Waals surface area contributed by atoms with E-state index in [-0.39, 0.29) is 11.4 Å². The number of carbonyl (C=O) groups excluding carboxylic acids is 1. The number of fused-ring (bicyclic) bond motifs is 1. The molecule has 3 aromatic heterocycles. The molecule has 2 atom stereocenters. The first kappa shape index (κ1) is 18.1. The van der Waals surface area contributed by atoms with Crippen LogP contribution in [0.2, 0.25) is 0 Å². The average Bonchev–Trinajstić information content (AvgIpc) is 3.05. The van der Waals surface area contributed by atoms with E-state index in [2.05, 4.69) is 19.7 Å². The van der Waals surface area contributed by atoms with Crippen LogP contribution in [0.5, 0.6) is 0 Å². The maximum atomic E-state index is 13.5. The molecule has 4 bridgehead atoms. The predicted molar refractivity (Wildman–Crippen MR) is 110 cm³/mol. The van der Waals surface area contributed by atoms with Crippen molar-refractivity contribution in [3.63, 3.8) is 0 Å². The van der Waals surface area contributed by atoms with Gasteiger partial charge in [-0.2, -0.15) is 4.40 Å². The molecule has 0 aromatic carbocycles. The van der Waals surface area contributed by atoms with Crippen molar-refractivity contribution in [3.8, 4) is 0 Å². The second-order valence-corrected chi connectivity index (χ2v) is 9.91. The van der Waals surface area contributed by atoms with Gasteiger partial charge in [-0.25, -0.2) is 9.97 Å². The second-order valence-electron chi connectivity index (χ2n) is 9.91. The Morgan fingerprint density at radius 2 is 1.93 bits per heavy atom. The van der Waals surface area contributed by atoms with E-state index in [9.17, 15) is 9.90 Å². The molecule has 0 saturated heterocycles. The summed E-state index contributed by atoms with van der Waals surface area (Å²) in [6, 6.07) is 10.0. The van der Waals surface area contributed by atoms with Gasteiger partial charge in [-0.15, -0.1) is 0 Å². The molecule has 6 nitrogen and oxygen atoms in total. The Kier molecular flexibility index (Phi) is 3.84. The molecule has 3 aromatic rings. The number of nitrogens with one attached hydrogen (secondary N) is 3. The zero-order valence-electron chi connectivity index (χ0n) is 17.0. The first-order chi connectivity index (χ1) is 14.5. The molecule has 30 heavy (non-hydrogen) atoms. The van der Waals surface area contributed by atoms with E-state index < -0.39 is 5.60 Å².